The summed E-state index contributed by atoms with van der Waals surface area (Å²) in [5.74, 6) is 2.81. The van der Waals surface area contributed by atoms with Crippen molar-refractivity contribution in [2.75, 3.05) is 19.6 Å². The number of benzene rings is 1. The number of amidine groups is 1. The monoisotopic (exact) mass is 362 g/mol. The maximum absolute atomic E-state index is 8.54. The lowest BCUT2D eigenvalue weighted by Gasteiger charge is -2.37. The fourth-order valence-electron chi connectivity index (χ4n) is 4.02. The van der Waals surface area contributed by atoms with Crippen LogP contribution >= 0.6 is 0 Å². The topological polar surface area (TPSA) is 72.3 Å². The van der Waals surface area contributed by atoms with E-state index in [0.717, 1.165) is 24.6 Å². The molecule has 5 nitrogen and oxygen atoms in total. The Morgan fingerprint density at radius 1 is 1.11 bits per heavy atom. The zero-order valence-electron chi connectivity index (χ0n) is 15.9. The standard InChI is InChI=1S/C22H26N4O/c1-14-15(2)20(27-16-6-4-3-5-7-16)9-8-17(14)18-12-25-13-19(23)21(18)22(24)26-10-11-26/h3-9,13-15,18,21,23-24H,10-12H2,1-2H3. The largest absolute Gasteiger partial charge is 0.461 e. The van der Waals surface area contributed by atoms with Crippen molar-refractivity contribution in [1.82, 2.24) is 4.90 Å². The summed E-state index contributed by atoms with van der Waals surface area (Å²) in [6.45, 7) is 6.93. The summed E-state index contributed by atoms with van der Waals surface area (Å²) in [6, 6.07) is 9.87. The Balaban J connectivity index is 1.61. The van der Waals surface area contributed by atoms with Gasteiger partial charge in [0.15, 0.2) is 0 Å². The van der Waals surface area contributed by atoms with Crippen molar-refractivity contribution >= 4 is 17.8 Å². The highest BCUT2D eigenvalue weighted by molar-refractivity contribution is 6.35. The van der Waals surface area contributed by atoms with E-state index in [-0.39, 0.29) is 23.7 Å². The van der Waals surface area contributed by atoms with E-state index in [4.69, 9.17) is 15.6 Å². The smallest absolute Gasteiger partial charge is 0.126 e. The van der Waals surface area contributed by atoms with Gasteiger partial charge in [0, 0.05) is 37.7 Å². The molecule has 2 N–H and O–H groups in total. The molecule has 0 saturated carbocycles. The first-order valence-corrected chi connectivity index (χ1v) is 9.62. The molecule has 1 aromatic carbocycles. The second-order valence-corrected chi connectivity index (χ2v) is 7.63. The molecule has 2 heterocycles. The second kappa shape index (κ2) is 7.14. The van der Waals surface area contributed by atoms with Crippen LogP contribution in [0.1, 0.15) is 13.8 Å². The molecular formula is C22H26N4O. The van der Waals surface area contributed by atoms with E-state index >= 15 is 0 Å². The SMILES string of the molecule is CC1C(Oc2ccccc2)=CC=C(C2CN=CC(=N)C2C(=N)N2CC2)C1C. The normalized spacial score (nSPS) is 29.9. The third-order valence-corrected chi connectivity index (χ3v) is 5.92. The van der Waals surface area contributed by atoms with Crippen LogP contribution in [-0.2, 0) is 0 Å². The molecule has 1 saturated heterocycles. The molecule has 0 amide bonds. The number of para-hydroxylation sites is 1. The van der Waals surface area contributed by atoms with Crippen molar-refractivity contribution in [3.05, 3.63) is 53.8 Å². The molecule has 1 aromatic rings. The van der Waals surface area contributed by atoms with Crippen molar-refractivity contribution in [2.45, 2.75) is 13.8 Å². The van der Waals surface area contributed by atoms with Gasteiger partial charge in [-0.3, -0.25) is 10.4 Å². The van der Waals surface area contributed by atoms with Gasteiger partial charge in [-0.25, -0.2) is 0 Å². The minimum atomic E-state index is -0.184. The van der Waals surface area contributed by atoms with E-state index in [2.05, 4.69) is 31.0 Å². The van der Waals surface area contributed by atoms with Gasteiger partial charge in [-0.1, -0.05) is 43.7 Å². The molecular weight excluding hydrogens is 336 g/mol. The molecule has 4 rings (SSSR count). The van der Waals surface area contributed by atoms with E-state index in [1.165, 1.54) is 5.57 Å². The summed E-state index contributed by atoms with van der Waals surface area (Å²) in [7, 11) is 0. The molecule has 140 valence electrons. The fraction of sp³-hybridized carbons (Fsp3) is 0.409. The molecule has 27 heavy (non-hydrogen) atoms. The van der Waals surface area contributed by atoms with Crippen LogP contribution in [0.5, 0.6) is 5.75 Å². The van der Waals surface area contributed by atoms with E-state index in [1.54, 1.807) is 6.21 Å². The summed E-state index contributed by atoms with van der Waals surface area (Å²) in [5, 5.41) is 16.9. The molecule has 2 aliphatic heterocycles. The second-order valence-electron chi connectivity index (χ2n) is 7.63. The van der Waals surface area contributed by atoms with Gasteiger partial charge in [0.2, 0.25) is 0 Å². The van der Waals surface area contributed by atoms with Crippen LogP contribution < -0.4 is 4.74 Å². The number of hydrogen-bond donors (Lipinski definition) is 2. The van der Waals surface area contributed by atoms with E-state index in [1.807, 2.05) is 35.2 Å². The lowest BCUT2D eigenvalue weighted by molar-refractivity contribution is 0.300. The maximum Gasteiger partial charge on any atom is 0.126 e. The number of hydrogen-bond acceptors (Lipinski definition) is 4. The first-order chi connectivity index (χ1) is 13.1. The summed E-state index contributed by atoms with van der Waals surface area (Å²) in [6.07, 6.45) is 5.84. The molecule has 4 unspecified atom stereocenters. The molecule has 3 aliphatic rings. The van der Waals surface area contributed by atoms with Crippen molar-refractivity contribution < 1.29 is 4.74 Å². The highest BCUT2D eigenvalue weighted by Crippen LogP contribution is 2.40. The molecule has 0 bridgehead atoms. The summed E-state index contributed by atoms with van der Waals surface area (Å²) in [5.41, 5.74) is 1.74. The fourth-order valence-corrected chi connectivity index (χ4v) is 4.02. The minimum Gasteiger partial charge on any atom is -0.461 e. The third kappa shape index (κ3) is 3.46. The molecule has 5 heteroatoms. The summed E-state index contributed by atoms with van der Waals surface area (Å²) < 4.78 is 6.11. The third-order valence-electron chi connectivity index (χ3n) is 5.92. The van der Waals surface area contributed by atoms with Gasteiger partial charge in [-0.2, -0.15) is 0 Å². The number of allylic oxidation sites excluding steroid dienone is 3. The number of ether oxygens (including phenoxy) is 1. The number of nitrogens with zero attached hydrogens (tertiary/aromatic N) is 2. The highest BCUT2D eigenvalue weighted by atomic mass is 16.5. The van der Waals surface area contributed by atoms with E-state index in [0.29, 0.717) is 18.1 Å². The Bertz CT molecular complexity index is 835. The Labute approximate surface area is 160 Å². The number of rotatable bonds is 4. The van der Waals surface area contributed by atoms with Gasteiger partial charge in [-0.15, -0.1) is 0 Å². The Hall–Kier alpha value is -2.69. The molecule has 0 radical (unpaired) electrons. The molecule has 1 aliphatic carbocycles. The first-order valence-electron chi connectivity index (χ1n) is 9.62. The Morgan fingerprint density at radius 2 is 1.85 bits per heavy atom. The van der Waals surface area contributed by atoms with Crippen molar-refractivity contribution in [1.29, 1.82) is 10.8 Å². The lowest BCUT2D eigenvalue weighted by atomic mass is 9.71. The molecule has 1 fully saturated rings. The van der Waals surface area contributed by atoms with Crippen LogP contribution in [0, 0.1) is 34.5 Å². The average Bonchev–Trinajstić information content (AvgIpc) is 3.51. The zero-order chi connectivity index (χ0) is 19.0. The average molecular weight is 362 g/mol. The van der Waals surface area contributed by atoms with Crippen LogP contribution in [0.3, 0.4) is 0 Å². The maximum atomic E-state index is 8.54. The van der Waals surface area contributed by atoms with Crippen LogP contribution in [0.15, 0.2) is 58.8 Å². The minimum absolute atomic E-state index is 0.0857. The number of aliphatic imine (C=N–C) groups is 1. The van der Waals surface area contributed by atoms with Crippen molar-refractivity contribution in [2.24, 2.45) is 28.7 Å². The first kappa shape index (κ1) is 17.7. The van der Waals surface area contributed by atoms with Gasteiger partial charge in [0.1, 0.15) is 17.3 Å². The van der Waals surface area contributed by atoms with Gasteiger partial charge in [0.25, 0.3) is 0 Å². The van der Waals surface area contributed by atoms with Crippen molar-refractivity contribution in [3.63, 3.8) is 0 Å². The van der Waals surface area contributed by atoms with Crippen LogP contribution in [0.2, 0.25) is 0 Å². The van der Waals surface area contributed by atoms with E-state index < -0.39 is 0 Å². The summed E-state index contributed by atoms with van der Waals surface area (Å²) in [4.78, 5) is 6.46. The molecule has 0 aromatic heterocycles. The van der Waals surface area contributed by atoms with Gasteiger partial charge in [-0.05, 0) is 24.1 Å². The predicted molar refractivity (Wildman–Crippen MR) is 109 cm³/mol. The van der Waals surface area contributed by atoms with Crippen LogP contribution in [-0.4, -0.2) is 42.3 Å². The van der Waals surface area contributed by atoms with Gasteiger partial charge >= 0.3 is 0 Å². The van der Waals surface area contributed by atoms with Crippen LogP contribution in [0.25, 0.3) is 0 Å². The quantitative estimate of drug-likeness (QED) is 0.486. The molecule has 4 atom stereocenters. The van der Waals surface area contributed by atoms with Crippen LogP contribution in [0.4, 0.5) is 0 Å². The van der Waals surface area contributed by atoms with Gasteiger partial charge in [0.05, 0.1) is 11.6 Å². The lowest BCUT2D eigenvalue weighted by Crippen LogP contribution is -2.42. The highest BCUT2D eigenvalue weighted by Gasteiger charge is 2.41. The van der Waals surface area contributed by atoms with E-state index in [9.17, 15) is 0 Å². The summed E-state index contributed by atoms with van der Waals surface area (Å²) >= 11 is 0. The number of nitrogens with one attached hydrogen (secondary N) is 2. The van der Waals surface area contributed by atoms with Gasteiger partial charge < -0.3 is 15.0 Å². The Morgan fingerprint density at radius 3 is 2.56 bits per heavy atom. The Kier molecular flexibility index (Phi) is 4.68. The predicted octanol–water partition coefficient (Wildman–Crippen LogP) is 3.79. The van der Waals surface area contributed by atoms with Crippen molar-refractivity contribution in [3.8, 4) is 5.75 Å². The zero-order valence-corrected chi connectivity index (χ0v) is 15.9. The molecule has 0 spiro atoms.